The van der Waals surface area contributed by atoms with Gasteiger partial charge in [-0.3, -0.25) is 18.9 Å². The van der Waals surface area contributed by atoms with Crippen molar-refractivity contribution in [1.82, 2.24) is 29.2 Å². The van der Waals surface area contributed by atoms with E-state index in [1.807, 2.05) is 10.9 Å². The average Bonchev–Trinajstić information content (AvgIpc) is 3.46. The molecule has 29 heavy (non-hydrogen) atoms. The number of anilines is 2. The standard InChI is InChI=1S/C19H22N8O2/c1-23-8-9-26(19(23)29)14-10-21-27(12-14)13-5-7-25(11-13)18-22-16-15(4-3-6-20-16)17(28)24(18)2/h3-4,6,10,12-13H,5,7-9,11H2,1-2H3. The Morgan fingerprint density at radius 2 is 2.00 bits per heavy atom. The van der Waals surface area contributed by atoms with Gasteiger partial charge in [0.1, 0.15) is 0 Å². The van der Waals surface area contributed by atoms with E-state index in [9.17, 15) is 9.59 Å². The van der Waals surface area contributed by atoms with Crippen LogP contribution in [-0.2, 0) is 7.05 Å². The van der Waals surface area contributed by atoms with Crippen molar-refractivity contribution < 1.29 is 4.79 Å². The monoisotopic (exact) mass is 394 g/mol. The van der Waals surface area contributed by atoms with Gasteiger partial charge in [-0.15, -0.1) is 0 Å². The first-order valence-corrected chi connectivity index (χ1v) is 9.66. The third-order valence-electron chi connectivity index (χ3n) is 5.76. The molecule has 2 amide bonds. The van der Waals surface area contributed by atoms with E-state index in [-0.39, 0.29) is 17.6 Å². The van der Waals surface area contributed by atoms with Crippen molar-refractivity contribution in [2.45, 2.75) is 12.5 Å². The summed E-state index contributed by atoms with van der Waals surface area (Å²) in [5.41, 5.74) is 1.19. The molecule has 0 aromatic carbocycles. The van der Waals surface area contributed by atoms with Gasteiger partial charge in [-0.25, -0.2) is 9.78 Å². The number of amides is 2. The Kier molecular flexibility index (Phi) is 4.00. The van der Waals surface area contributed by atoms with Gasteiger partial charge in [0, 0.05) is 52.7 Å². The summed E-state index contributed by atoms with van der Waals surface area (Å²) in [6, 6.07) is 3.64. The lowest BCUT2D eigenvalue weighted by Crippen LogP contribution is -2.30. The minimum Gasteiger partial charge on any atom is -0.340 e. The third-order valence-corrected chi connectivity index (χ3v) is 5.76. The summed E-state index contributed by atoms with van der Waals surface area (Å²) in [6.07, 6.45) is 6.20. The Bertz CT molecular complexity index is 1150. The van der Waals surface area contributed by atoms with E-state index >= 15 is 0 Å². The van der Waals surface area contributed by atoms with Gasteiger partial charge in [-0.1, -0.05) is 0 Å². The summed E-state index contributed by atoms with van der Waals surface area (Å²) in [5, 5.41) is 5.02. The maximum Gasteiger partial charge on any atom is 0.324 e. The smallest absolute Gasteiger partial charge is 0.324 e. The van der Waals surface area contributed by atoms with Crippen LogP contribution in [0.4, 0.5) is 16.4 Å². The molecule has 0 spiro atoms. The van der Waals surface area contributed by atoms with Crippen molar-refractivity contribution in [2.24, 2.45) is 7.05 Å². The number of hydrogen-bond acceptors (Lipinski definition) is 6. The molecule has 2 aliphatic heterocycles. The lowest BCUT2D eigenvalue weighted by Gasteiger charge is -2.20. The molecule has 0 aliphatic carbocycles. The molecule has 0 saturated carbocycles. The van der Waals surface area contributed by atoms with Gasteiger partial charge >= 0.3 is 6.03 Å². The largest absolute Gasteiger partial charge is 0.340 e. The fourth-order valence-corrected chi connectivity index (χ4v) is 4.07. The molecular formula is C19H22N8O2. The summed E-state index contributed by atoms with van der Waals surface area (Å²) in [6.45, 7) is 2.85. The van der Waals surface area contributed by atoms with Crippen LogP contribution in [0.5, 0.6) is 0 Å². The molecule has 2 aliphatic rings. The van der Waals surface area contributed by atoms with Gasteiger partial charge in [0.05, 0.1) is 23.3 Å². The second-order valence-corrected chi connectivity index (χ2v) is 7.57. The SMILES string of the molecule is CN1CCN(c2cnn(C3CCN(c4nc5ncccc5c(=O)n4C)C3)c2)C1=O. The zero-order valence-electron chi connectivity index (χ0n) is 16.4. The number of rotatable bonds is 3. The quantitative estimate of drug-likeness (QED) is 0.654. The number of pyridine rings is 1. The van der Waals surface area contributed by atoms with Gasteiger partial charge in [-0.2, -0.15) is 10.1 Å². The van der Waals surface area contributed by atoms with E-state index in [0.717, 1.165) is 25.2 Å². The van der Waals surface area contributed by atoms with Gasteiger partial charge in [0.15, 0.2) is 5.65 Å². The van der Waals surface area contributed by atoms with Crippen LogP contribution in [0.3, 0.4) is 0 Å². The van der Waals surface area contributed by atoms with Crippen LogP contribution in [0.2, 0.25) is 0 Å². The Labute approximate surface area is 167 Å². The Balaban J connectivity index is 1.39. The third kappa shape index (κ3) is 2.82. The molecule has 0 radical (unpaired) electrons. The normalized spacial score (nSPS) is 19.7. The molecule has 5 rings (SSSR count). The van der Waals surface area contributed by atoms with E-state index in [2.05, 4.69) is 20.0 Å². The highest BCUT2D eigenvalue weighted by atomic mass is 16.2. The van der Waals surface area contributed by atoms with E-state index in [1.165, 1.54) is 0 Å². The van der Waals surface area contributed by atoms with E-state index in [1.54, 1.807) is 53.0 Å². The van der Waals surface area contributed by atoms with Crippen molar-refractivity contribution >= 4 is 28.7 Å². The van der Waals surface area contributed by atoms with Crippen molar-refractivity contribution in [1.29, 1.82) is 0 Å². The number of carbonyl (C=O) groups is 1. The molecule has 5 heterocycles. The molecule has 10 heteroatoms. The molecule has 2 saturated heterocycles. The Hall–Kier alpha value is -3.43. The average molecular weight is 394 g/mol. The molecule has 10 nitrogen and oxygen atoms in total. The summed E-state index contributed by atoms with van der Waals surface area (Å²) in [4.78, 5) is 39.3. The highest BCUT2D eigenvalue weighted by Crippen LogP contribution is 2.27. The lowest BCUT2D eigenvalue weighted by atomic mass is 10.3. The van der Waals surface area contributed by atoms with Crippen molar-refractivity contribution in [3.05, 3.63) is 41.1 Å². The number of nitrogens with zero attached hydrogens (tertiary/aromatic N) is 8. The van der Waals surface area contributed by atoms with Crippen LogP contribution in [0, 0.1) is 0 Å². The lowest BCUT2D eigenvalue weighted by molar-refractivity contribution is 0.229. The first-order chi connectivity index (χ1) is 14.0. The molecule has 3 aromatic rings. The zero-order valence-corrected chi connectivity index (χ0v) is 16.4. The number of likely N-dealkylation sites (N-methyl/N-ethyl adjacent to an activating group) is 1. The summed E-state index contributed by atoms with van der Waals surface area (Å²) >= 11 is 0. The second kappa shape index (κ2) is 6.57. The molecule has 2 fully saturated rings. The first kappa shape index (κ1) is 17.7. The second-order valence-electron chi connectivity index (χ2n) is 7.57. The minimum absolute atomic E-state index is 0.000428. The van der Waals surface area contributed by atoms with Crippen LogP contribution in [-0.4, -0.2) is 68.5 Å². The predicted molar refractivity (Wildman–Crippen MR) is 108 cm³/mol. The first-order valence-electron chi connectivity index (χ1n) is 9.66. The fourth-order valence-electron chi connectivity index (χ4n) is 4.07. The van der Waals surface area contributed by atoms with Crippen LogP contribution in [0.15, 0.2) is 35.5 Å². The van der Waals surface area contributed by atoms with E-state index in [4.69, 9.17) is 0 Å². The summed E-state index contributed by atoms with van der Waals surface area (Å²) in [5.74, 6) is 0.618. The molecule has 3 aromatic heterocycles. The van der Waals surface area contributed by atoms with Crippen LogP contribution in [0.25, 0.3) is 11.0 Å². The van der Waals surface area contributed by atoms with E-state index in [0.29, 0.717) is 30.1 Å². The van der Waals surface area contributed by atoms with Gasteiger partial charge < -0.3 is 9.80 Å². The van der Waals surface area contributed by atoms with Crippen molar-refractivity contribution in [2.75, 3.05) is 43.0 Å². The molecule has 150 valence electrons. The number of urea groups is 1. The maximum absolute atomic E-state index is 12.7. The van der Waals surface area contributed by atoms with E-state index < -0.39 is 0 Å². The molecule has 1 unspecified atom stereocenters. The molecular weight excluding hydrogens is 372 g/mol. The molecule has 1 atom stereocenters. The zero-order chi connectivity index (χ0) is 20.1. The summed E-state index contributed by atoms with van der Waals surface area (Å²) < 4.78 is 3.50. The van der Waals surface area contributed by atoms with Gasteiger partial charge in [0.2, 0.25) is 5.95 Å². The topological polar surface area (TPSA) is 92.4 Å². The van der Waals surface area contributed by atoms with Gasteiger partial charge in [-0.05, 0) is 18.6 Å². The van der Waals surface area contributed by atoms with Crippen LogP contribution in [0.1, 0.15) is 12.5 Å². The maximum atomic E-state index is 12.7. The van der Waals surface area contributed by atoms with Crippen LogP contribution >= 0.6 is 0 Å². The van der Waals surface area contributed by atoms with Crippen LogP contribution < -0.4 is 15.4 Å². The highest BCUT2D eigenvalue weighted by molar-refractivity contribution is 5.93. The van der Waals surface area contributed by atoms with Crippen molar-refractivity contribution in [3.8, 4) is 0 Å². The minimum atomic E-state index is -0.0976. The number of aromatic nitrogens is 5. The number of carbonyl (C=O) groups excluding carboxylic acids is 1. The number of fused-ring (bicyclic) bond motifs is 1. The number of hydrogen-bond donors (Lipinski definition) is 0. The molecule has 0 N–H and O–H groups in total. The Morgan fingerprint density at radius 3 is 2.79 bits per heavy atom. The molecule has 0 bridgehead atoms. The van der Waals surface area contributed by atoms with Gasteiger partial charge in [0.25, 0.3) is 5.56 Å². The van der Waals surface area contributed by atoms with Crippen molar-refractivity contribution in [3.63, 3.8) is 0 Å². The summed E-state index contributed by atoms with van der Waals surface area (Å²) in [7, 11) is 3.54. The Morgan fingerprint density at radius 1 is 1.14 bits per heavy atom. The predicted octanol–water partition coefficient (Wildman–Crippen LogP) is 0.848. The highest BCUT2D eigenvalue weighted by Gasteiger charge is 2.30. The fraction of sp³-hybridized carbons (Fsp3) is 0.421.